The van der Waals surface area contributed by atoms with Crippen LogP contribution in [-0.2, 0) is 16.0 Å². The van der Waals surface area contributed by atoms with E-state index in [1.165, 1.54) is 23.1 Å². The van der Waals surface area contributed by atoms with Crippen LogP contribution in [0.2, 0.25) is 0 Å². The van der Waals surface area contributed by atoms with E-state index in [0.717, 1.165) is 33.2 Å². The number of hydrogen-bond acceptors (Lipinski definition) is 6. The van der Waals surface area contributed by atoms with Gasteiger partial charge < -0.3 is 15.4 Å². The smallest absolute Gasteiger partial charge is 0.239 e. The van der Waals surface area contributed by atoms with Crippen molar-refractivity contribution < 1.29 is 14.3 Å². The molecule has 1 atom stereocenters. The lowest BCUT2D eigenvalue weighted by Crippen LogP contribution is -2.22. The second kappa shape index (κ2) is 11.7. The van der Waals surface area contributed by atoms with Crippen molar-refractivity contribution in [3.8, 4) is 17.0 Å². The molecule has 0 aliphatic rings. The molecule has 0 saturated heterocycles. The van der Waals surface area contributed by atoms with E-state index in [1.807, 2.05) is 91.2 Å². The SMILES string of the molecule is COc1ccccc1-c1csc(NC(=O)C(C)Sc2ccc(NC(=O)Cc3ccccc3)cc2)n1. The number of aromatic nitrogens is 1. The molecule has 178 valence electrons. The Balaban J connectivity index is 1.30. The number of benzene rings is 3. The summed E-state index contributed by atoms with van der Waals surface area (Å²) < 4.78 is 5.40. The van der Waals surface area contributed by atoms with Gasteiger partial charge in [-0.15, -0.1) is 23.1 Å². The highest BCUT2D eigenvalue weighted by Gasteiger charge is 2.17. The van der Waals surface area contributed by atoms with Crippen LogP contribution < -0.4 is 15.4 Å². The van der Waals surface area contributed by atoms with Gasteiger partial charge in [0.15, 0.2) is 5.13 Å². The number of hydrogen-bond donors (Lipinski definition) is 2. The van der Waals surface area contributed by atoms with Gasteiger partial charge in [-0.05, 0) is 48.9 Å². The summed E-state index contributed by atoms with van der Waals surface area (Å²) in [5.41, 5.74) is 3.32. The molecule has 8 heteroatoms. The first kappa shape index (κ1) is 24.5. The number of carbonyl (C=O) groups excluding carboxylic acids is 2. The molecule has 1 aromatic heterocycles. The molecule has 1 heterocycles. The quantitative estimate of drug-likeness (QED) is 0.269. The van der Waals surface area contributed by atoms with Gasteiger partial charge in [0, 0.05) is 21.5 Å². The molecule has 2 N–H and O–H groups in total. The number of anilines is 2. The Morgan fingerprint density at radius 1 is 0.971 bits per heavy atom. The molecule has 4 rings (SSSR count). The van der Waals surface area contributed by atoms with Crippen molar-refractivity contribution in [2.45, 2.75) is 23.5 Å². The summed E-state index contributed by atoms with van der Waals surface area (Å²) in [6.45, 7) is 1.85. The summed E-state index contributed by atoms with van der Waals surface area (Å²) in [6.07, 6.45) is 0.323. The molecule has 0 bridgehead atoms. The fourth-order valence-corrected chi connectivity index (χ4v) is 4.96. The predicted octanol–water partition coefficient (Wildman–Crippen LogP) is 6.12. The maximum Gasteiger partial charge on any atom is 0.239 e. The number of thiazole rings is 1. The van der Waals surface area contributed by atoms with E-state index in [2.05, 4.69) is 15.6 Å². The number of ether oxygens (including phenoxy) is 1. The molecule has 35 heavy (non-hydrogen) atoms. The van der Waals surface area contributed by atoms with Crippen molar-refractivity contribution in [2.75, 3.05) is 17.7 Å². The number of nitrogens with zero attached hydrogens (tertiary/aromatic N) is 1. The van der Waals surface area contributed by atoms with Crippen LogP contribution in [-0.4, -0.2) is 29.2 Å². The number of carbonyl (C=O) groups is 2. The third-order valence-electron chi connectivity index (χ3n) is 5.14. The molecule has 0 saturated carbocycles. The second-order valence-electron chi connectivity index (χ2n) is 7.72. The normalized spacial score (nSPS) is 11.5. The average molecular weight is 504 g/mol. The molecule has 0 aliphatic carbocycles. The monoisotopic (exact) mass is 503 g/mol. The van der Waals surface area contributed by atoms with E-state index >= 15 is 0 Å². The maximum atomic E-state index is 12.7. The van der Waals surface area contributed by atoms with Gasteiger partial charge in [0.25, 0.3) is 0 Å². The van der Waals surface area contributed by atoms with Gasteiger partial charge in [-0.3, -0.25) is 9.59 Å². The average Bonchev–Trinajstić information content (AvgIpc) is 3.34. The van der Waals surface area contributed by atoms with Crippen molar-refractivity contribution >= 4 is 45.7 Å². The summed E-state index contributed by atoms with van der Waals surface area (Å²) in [4.78, 5) is 30.5. The first-order valence-electron chi connectivity index (χ1n) is 11.0. The highest BCUT2D eigenvalue weighted by atomic mass is 32.2. The maximum absolute atomic E-state index is 12.7. The van der Waals surface area contributed by atoms with Crippen LogP contribution in [0.15, 0.2) is 89.1 Å². The lowest BCUT2D eigenvalue weighted by molar-refractivity contribution is -0.116. The van der Waals surface area contributed by atoms with Crippen LogP contribution in [0.1, 0.15) is 12.5 Å². The van der Waals surface area contributed by atoms with E-state index in [4.69, 9.17) is 4.74 Å². The Morgan fingerprint density at radius 3 is 2.43 bits per heavy atom. The van der Waals surface area contributed by atoms with Crippen LogP contribution >= 0.6 is 23.1 Å². The van der Waals surface area contributed by atoms with Crippen molar-refractivity contribution in [3.05, 3.63) is 89.8 Å². The first-order valence-corrected chi connectivity index (χ1v) is 12.8. The van der Waals surface area contributed by atoms with Gasteiger partial charge in [-0.1, -0.05) is 42.5 Å². The third kappa shape index (κ3) is 6.71. The number of rotatable bonds is 9. The molecular formula is C27H25N3O3S2. The fourth-order valence-electron chi connectivity index (χ4n) is 3.38. The standard InChI is InChI=1S/C27H25N3O3S2/c1-18(26(32)30-27-29-23(17-34-27)22-10-6-7-11-24(22)33-2)35-21-14-12-20(13-15-21)28-25(31)16-19-8-4-3-5-9-19/h3-15,17-18H,16H2,1-2H3,(H,28,31)(H,29,30,32). The predicted molar refractivity (Wildman–Crippen MR) is 143 cm³/mol. The Hall–Kier alpha value is -3.62. The number of methoxy groups -OCH3 is 1. The Morgan fingerprint density at radius 2 is 1.69 bits per heavy atom. The van der Waals surface area contributed by atoms with E-state index < -0.39 is 0 Å². The van der Waals surface area contributed by atoms with E-state index in [-0.39, 0.29) is 17.1 Å². The van der Waals surface area contributed by atoms with Crippen LogP contribution in [0.4, 0.5) is 10.8 Å². The van der Waals surface area contributed by atoms with Crippen LogP contribution in [0.25, 0.3) is 11.3 Å². The van der Waals surface area contributed by atoms with Crippen molar-refractivity contribution in [1.29, 1.82) is 0 Å². The summed E-state index contributed by atoms with van der Waals surface area (Å²) in [5, 5.41) is 7.92. The summed E-state index contributed by atoms with van der Waals surface area (Å²) in [6, 6.07) is 24.7. The minimum absolute atomic E-state index is 0.0692. The van der Waals surface area contributed by atoms with E-state index in [9.17, 15) is 9.59 Å². The minimum atomic E-state index is -0.327. The molecular weight excluding hydrogens is 478 g/mol. The number of para-hydroxylation sites is 1. The van der Waals surface area contributed by atoms with Gasteiger partial charge in [-0.25, -0.2) is 4.98 Å². The zero-order valence-electron chi connectivity index (χ0n) is 19.4. The van der Waals surface area contributed by atoms with Crippen molar-refractivity contribution in [3.63, 3.8) is 0 Å². The molecule has 0 spiro atoms. The zero-order valence-corrected chi connectivity index (χ0v) is 21.0. The minimum Gasteiger partial charge on any atom is -0.496 e. The van der Waals surface area contributed by atoms with Gasteiger partial charge in [0.1, 0.15) is 5.75 Å². The summed E-state index contributed by atoms with van der Waals surface area (Å²) in [5.74, 6) is 0.538. The van der Waals surface area contributed by atoms with E-state index in [0.29, 0.717) is 11.6 Å². The Labute approximate surface area is 212 Å². The van der Waals surface area contributed by atoms with Gasteiger partial charge in [0.2, 0.25) is 11.8 Å². The lowest BCUT2D eigenvalue weighted by atomic mass is 10.1. The molecule has 6 nitrogen and oxygen atoms in total. The highest BCUT2D eigenvalue weighted by molar-refractivity contribution is 8.00. The summed E-state index contributed by atoms with van der Waals surface area (Å²) >= 11 is 2.82. The van der Waals surface area contributed by atoms with Crippen LogP contribution in [0, 0.1) is 0 Å². The van der Waals surface area contributed by atoms with E-state index in [1.54, 1.807) is 7.11 Å². The van der Waals surface area contributed by atoms with Crippen molar-refractivity contribution in [2.24, 2.45) is 0 Å². The molecule has 4 aromatic rings. The second-order valence-corrected chi connectivity index (χ2v) is 9.99. The van der Waals surface area contributed by atoms with Gasteiger partial charge in [-0.2, -0.15) is 0 Å². The van der Waals surface area contributed by atoms with Gasteiger partial charge >= 0.3 is 0 Å². The van der Waals surface area contributed by atoms with Crippen LogP contribution in [0.5, 0.6) is 5.75 Å². The molecule has 0 fully saturated rings. The first-order chi connectivity index (χ1) is 17.0. The highest BCUT2D eigenvalue weighted by Crippen LogP contribution is 2.32. The number of thioether (sulfide) groups is 1. The molecule has 3 aromatic carbocycles. The molecule has 0 radical (unpaired) electrons. The largest absolute Gasteiger partial charge is 0.496 e. The zero-order chi connectivity index (χ0) is 24.6. The van der Waals surface area contributed by atoms with Crippen LogP contribution in [0.3, 0.4) is 0 Å². The number of nitrogens with one attached hydrogen (secondary N) is 2. The topological polar surface area (TPSA) is 80.3 Å². The Kier molecular flexibility index (Phi) is 8.18. The fraction of sp³-hybridized carbons (Fsp3) is 0.148. The van der Waals surface area contributed by atoms with Gasteiger partial charge in [0.05, 0.1) is 24.5 Å². The Bertz CT molecular complexity index is 1290. The number of amides is 2. The molecule has 0 aliphatic heterocycles. The summed E-state index contributed by atoms with van der Waals surface area (Å²) in [7, 11) is 1.62. The lowest BCUT2D eigenvalue weighted by Gasteiger charge is -2.11. The van der Waals surface area contributed by atoms with Crippen molar-refractivity contribution in [1.82, 2.24) is 4.98 Å². The third-order valence-corrected chi connectivity index (χ3v) is 7.01. The molecule has 1 unspecified atom stereocenters. The molecule has 2 amide bonds.